The number of anilines is 1. The first-order valence-electron chi connectivity index (χ1n) is 5.35. The van der Waals surface area contributed by atoms with Crippen LogP contribution in [0.15, 0.2) is 36.5 Å². The first-order valence-corrected chi connectivity index (χ1v) is 6.10. The second-order valence-electron chi connectivity index (χ2n) is 3.72. The van der Waals surface area contributed by atoms with Crippen LogP contribution >= 0.6 is 23.2 Å². The molecule has 0 saturated heterocycles. The van der Waals surface area contributed by atoms with Crippen LogP contribution in [0.5, 0.6) is 0 Å². The maximum Gasteiger partial charge on any atom is 0.300 e. The van der Waals surface area contributed by atoms with Crippen LogP contribution in [0.4, 0.5) is 11.4 Å². The van der Waals surface area contributed by atoms with Crippen molar-refractivity contribution in [1.82, 2.24) is 4.98 Å². The summed E-state index contributed by atoms with van der Waals surface area (Å²) >= 11 is 11.4. The Hall–Kier alpha value is -2.18. The van der Waals surface area contributed by atoms with E-state index < -0.39 is 16.5 Å². The average molecular weight is 312 g/mol. The Kier molecular flexibility index (Phi) is 4.16. The number of pyridine rings is 1. The van der Waals surface area contributed by atoms with Crippen molar-refractivity contribution in [3.8, 4) is 0 Å². The molecular weight excluding hydrogens is 305 g/mol. The van der Waals surface area contributed by atoms with Crippen molar-refractivity contribution in [3.63, 3.8) is 0 Å². The number of carbonyl (C=O) groups is 1. The van der Waals surface area contributed by atoms with Crippen molar-refractivity contribution in [3.05, 3.63) is 62.4 Å². The van der Waals surface area contributed by atoms with Gasteiger partial charge in [0.1, 0.15) is 15.7 Å². The van der Waals surface area contributed by atoms with E-state index >= 15 is 0 Å². The molecule has 0 aliphatic heterocycles. The van der Waals surface area contributed by atoms with E-state index in [1.165, 1.54) is 36.5 Å². The molecule has 1 aromatic heterocycles. The number of carbonyl (C=O) groups excluding carboxylic acids is 1. The summed E-state index contributed by atoms with van der Waals surface area (Å²) < 4.78 is 0. The molecular formula is C12H7Cl2N3O3. The van der Waals surface area contributed by atoms with Gasteiger partial charge in [-0.05, 0) is 24.3 Å². The largest absolute Gasteiger partial charge is 0.320 e. The second kappa shape index (κ2) is 5.85. The molecule has 2 rings (SSSR count). The van der Waals surface area contributed by atoms with Crippen molar-refractivity contribution < 1.29 is 9.72 Å². The van der Waals surface area contributed by atoms with Crippen molar-refractivity contribution in [1.29, 1.82) is 0 Å². The smallest absolute Gasteiger partial charge is 0.300 e. The molecule has 0 spiro atoms. The first-order chi connectivity index (χ1) is 9.49. The fourth-order valence-electron chi connectivity index (χ4n) is 1.53. The van der Waals surface area contributed by atoms with E-state index in [9.17, 15) is 14.9 Å². The van der Waals surface area contributed by atoms with Gasteiger partial charge in [-0.15, -0.1) is 0 Å². The van der Waals surface area contributed by atoms with Gasteiger partial charge in [-0.25, -0.2) is 4.98 Å². The summed E-state index contributed by atoms with van der Waals surface area (Å²) in [5, 5.41) is 13.6. The van der Waals surface area contributed by atoms with Crippen molar-refractivity contribution >= 4 is 40.5 Å². The van der Waals surface area contributed by atoms with E-state index in [1.54, 1.807) is 0 Å². The van der Waals surface area contributed by atoms with Crippen LogP contribution in [0.1, 0.15) is 10.4 Å². The fourth-order valence-corrected chi connectivity index (χ4v) is 1.89. The Morgan fingerprint density at radius 2 is 2.00 bits per heavy atom. The van der Waals surface area contributed by atoms with Gasteiger partial charge in [0.05, 0.1) is 16.8 Å². The van der Waals surface area contributed by atoms with Gasteiger partial charge in [-0.2, -0.15) is 0 Å². The molecule has 2 aromatic rings. The summed E-state index contributed by atoms with van der Waals surface area (Å²) in [6, 6.07) is 7.15. The number of nitrogens with one attached hydrogen (secondary N) is 1. The zero-order chi connectivity index (χ0) is 14.7. The van der Waals surface area contributed by atoms with Gasteiger partial charge in [0, 0.05) is 0 Å². The van der Waals surface area contributed by atoms with Gasteiger partial charge < -0.3 is 5.32 Å². The lowest BCUT2D eigenvalue weighted by Gasteiger charge is -2.06. The summed E-state index contributed by atoms with van der Waals surface area (Å²) in [5.74, 6) is -0.650. The SMILES string of the molecule is O=C(Nc1ccc(Cl)nc1)c1cccc(Cl)c1[N+](=O)[O-]. The number of halogens is 2. The third-order valence-corrected chi connectivity index (χ3v) is 2.93. The Morgan fingerprint density at radius 1 is 1.25 bits per heavy atom. The average Bonchev–Trinajstić information content (AvgIpc) is 2.40. The molecule has 1 aromatic carbocycles. The summed E-state index contributed by atoms with van der Waals surface area (Å²) in [7, 11) is 0. The molecule has 0 aliphatic carbocycles. The van der Waals surface area contributed by atoms with Gasteiger partial charge in [-0.3, -0.25) is 14.9 Å². The van der Waals surface area contributed by atoms with Crippen LogP contribution < -0.4 is 5.32 Å². The number of nitro benzene ring substituents is 1. The minimum Gasteiger partial charge on any atom is -0.320 e. The number of nitrogens with zero attached hydrogens (tertiary/aromatic N) is 2. The zero-order valence-corrected chi connectivity index (χ0v) is 11.4. The van der Waals surface area contributed by atoms with E-state index in [-0.39, 0.29) is 15.7 Å². The third kappa shape index (κ3) is 3.04. The number of nitro groups is 1. The van der Waals surface area contributed by atoms with Crippen LogP contribution in [0.2, 0.25) is 10.2 Å². The molecule has 1 N–H and O–H groups in total. The Balaban J connectivity index is 2.32. The predicted molar refractivity (Wildman–Crippen MR) is 75.3 cm³/mol. The minimum atomic E-state index is -0.697. The van der Waals surface area contributed by atoms with Gasteiger partial charge in [0.15, 0.2) is 0 Å². The molecule has 0 fully saturated rings. The van der Waals surface area contributed by atoms with Crippen LogP contribution in [0.25, 0.3) is 0 Å². The topological polar surface area (TPSA) is 85.1 Å². The quantitative estimate of drug-likeness (QED) is 0.533. The highest BCUT2D eigenvalue weighted by Gasteiger charge is 2.23. The van der Waals surface area contributed by atoms with Crippen LogP contribution in [-0.4, -0.2) is 15.8 Å². The number of hydrogen-bond acceptors (Lipinski definition) is 4. The maximum absolute atomic E-state index is 12.0. The Bertz CT molecular complexity index is 674. The fraction of sp³-hybridized carbons (Fsp3) is 0. The van der Waals surface area contributed by atoms with Crippen molar-refractivity contribution in [2.45, 2.75) is 0 Å². The number of rotatable bonds is 3. The van der Waals surface area contributed by atoms with Crippen LogP contribution in [-0.2, 0) is 0 Å². The number of para-hydroxylation sites is 1. The number of amides is 1. The number of aromatic nitrogens is 1. The van der Waals surface area contributed by atoms with Crippen LogP contribution in [0, 0.1) is 10.1 Å². The van der Waals surface area contributed by atoms with Crippen molar-refractivity contribution in [2.24, 2.45) is 0 Å². The lowest BCUT2D eigenvalue weighted by atomic mass is 10.1. The van der Waals surface area contributed by atoms with Gasteiger partial charge in [0.2, 0.25) is 0 Å². The van der Waals surface area contributed by atoms with Crippen LogP contribution in [0.3, 0.4) is 0 Å². The molecule has 1 heterocycles. The molecule has 20 heavy (non-hydrogen) atoms. The van der Waals surface area contributed by atoms with E-state index in [0.717, 1.165) is 0 Å². The Labute approximate surface area is 123 Å². The summed E-state index contributed by atoms with van der Waals surface area (Å²) in [6.45, 7) is 0. The lowest BCUT2D eigenvalue weighted by Crippen LogP contribution is -2.14. The van der Waals surface area contributed by atoms with E-state index in [0.29, 0.717) is 5.69 Å². The number of benzene rings is 1. The lowest BCUT2D eigenvalue weighted by molar-refractivity contribution is -0.385. The summed E-state index contributed by atoms with van der Waals surface area (Å²) in [4.78, 5) is 26.1. The molecule has 0 bridgehead atoms. The third-order valence-electron chi connectivity index (χ3n) is 2.40. The highest BCUT2D eigenvalue weighted by Crippen LogP contribution is 2.28. The highest BCUT2D eigenvalue weighted by atomic mass is 35.5. The van der Waals surface area contributed by atoms with Gasteiger partial charge in [0.25, 0.3) is 5.91 Å². The van der Waals surface area contributed by atoms with Gasteiger partial charge in [-0.1, -0.05) is 29.3 Å². The molecule has 0 atom stereocenters. The number of hydrogen-bond donors (Lipinski definition) is 1. The standard InChI is InChI=1S/C12H7Cl2N3O3/c13-9-3-1-2-8(11(9)17(19)20)12(18)16-7-4-5-10(14)15-6-7/h1-6H,(H,16,18). The first kappa shape index (κ1) is 14.2. The molecule has 8 heteroatoms. The molecule has 1 amide bonds. The summed E-state index contributed by atoms with van der Waals surface area (Å²) in [6.07, 6.45) is 1.34. The molecule has 0 saturated carbocycles. The second-order valence-corrected chi connectivity index (χ2v) is 4.51. The van der Waals surface area contributed by atoms with Gasteiger partial charge >= 0.3 is 5.69 Å². The maximum atomic E-state index is 12.0. The van der Waals surface area contributed by atoms with E-state index in [4.69, 9.17) is 23.2 Å². The monoisotopic (exact) mass is 311 g/mol. The molecule has 102 valence electrons. The Morgan fingerprint density at radius 3 is 2.60 bits per heavy atom. The minimum absolute atomic E-state index is 0.100. The molecule has 0 unspecified atom stereocenters. The van der Waals surface area contributed by atoms with Crippen molar-refractivity contribution in [2.75, 3.05) is 5.32 Å². The predicted octanol–water partition coefficient (Wildman–Crippen LogP) is 3.55. The highest BCUT2D eigenvalue weighted by molar-refractivity contribution is 6.33. The zero-order valence-electron chi connectivity index (χ0n) is 9.84. The molecule has 0 radical (unpaired) electrons. The summed E-state index contributed by atoms with van der Waals surface area (Å²) in [5.41, 5.74) is -0.195. The normalized spacial score (nSPS) is 10.1. The van der Waals surface area contributed by atoms with E-state index in [2.05, 4.69) is 10.3 Å². The molecule has 6 nitrogen and oxygen atoms in total. The molecule has 0 aliphatic rings. The van der Waals surface area contributed by atoms with E-state index in [1.807, 2.05) is 0 Å².